The van der Waals surface area contributed by atoms with E-state index in [1.54, 1.807) is 4.68 Å². The summed E-state index contributed by atoms with van der Waals surface area (Å²) in [6.07, 6.45) is 3.83. The number of aromatic nitrogens is 5. The van der Waals surface area contributed by atoms with Crippen molar-refractivity contribution in [1.29, 1.82) is 0 Å². The standard InChI is InChI=1S/C22H26N6O2/c1-13-5-6-14(2)17(10-13)12-28-20-18(25-26-28)21(29)24-19(23-20)16-4-3-9-27(11-16)22(30)15-7-8-15/h5-6,10,15-16H,3-4,7-9,11-12H2,1-2H3,(H,23,24,29). The highest BCUT2D eigenvalue weighted by Gasteiger charge is 2.36. The second-order valence-corrected chi connectivity index (χ2v) is 8.70. The van der Waals surface area contributed by atoms with Crippen LogP contribution in [0.25, 0.3) is 11.2 Å². The summed E-state index contributed by atoms with van der Waals surface area (Å²) < 4.78 is 1.70. The summed E-state index contributed by atoms with van der Waals surface area (Å²) in [5, 5.41) is 8.27. The minimum atomic E-state index is -0.271. The number of amides is 1. The average Bonchev–Trinajstić information content (AvgIpc) is 3.52. The molecule has 3 heterocycles. The lowest BCUT2D eigenvalue weighted by atomic mass is 9.96. The average molecular weight is 406 g/mol. The fourth-order valence-electron chi connectivity index (χ4n) is 4.30. The zero-order chi connectivity index (χ0) is 20.8. The number of carbonyl (C=O) groups excluding carboxylic acids is 1. The van der Waals surface area contributed by atoms with E-state index < -0.39 is 0 Å². The summed E-state index contributed by atoms with van der Waals surface area (Å²) in [5.41, 5.74) is 3.95. The minimum absolute atomic E-state index is 0.0302. The number of carbonyl (C=O) groups is 1. The summed E-state index contributed by atoms with van der Waals surface area (Å²) in [6.45, 7) is 6.04. The van der Waals surface area contributed by atoms with Crippen LogP contribution in [0.15, 0.2) is 23.0 Å². The first kappa shape index (κ1) is 19.0. The fourth-order valence-corrected chi connectivity index (χ4v) is 4.30. The molecule has 1 saturated heterocycles. The molecule has 30 heavy (non-hydrogen) atoms. The Labute approximate surface area is 174 Å². The molecule has 2 fully saturated rings. The Morgan fingerprint density at radius 1 is 1.23 bits per heavy atom. The van der Waals surface area contributed by atoms with E-state index in [2.05, 4.69) is 47.3 Å². The van der Waals surface area contributed by atoms with Gasteiger partial charge in [0.1, 0.15) is 5.82 Å². The maximum absolute atomic E-state index is 12.7. The van der Waals surface area contributed by atoms with Crippen LogP contribution in [0, 0.1) is 19.8 Å². The van der Waals surface area contributed by atoms with Gasteiger partial charge in [-0.3, -0.25) is 9.59 Å². The molecule has 0 radical (unpaired) electrons. The zero-order valence-electron chi connectivity index (χ0n) is 17.4. The molecule has 2 aliphatic rings. The maximum atomic E-state index is 12.7. The number of nitrogens with one attached hydrogen (secondary N) is 1. The second-order valence-electron chi connectivity index (χ2n) is 8.70. The van der Waals surface area contributed by atoms with Crippen molar-refractivity contribution in [2.75, 3.05) is 13.1 Å². The lowest BCUT2D eigenvalue weighted by molar-refractivity contribution is -0.133. The van der Waals surface area contributed by atoms with E-state index in [0.29, 0.717) is 24.6 Å². The Balaban J connectivity index is 1.47. The molecule has 1 unspecified atom stereocenters. The summed E-state index contributed by atoms with van der Waals surface area (Å²) in [5.74, 6) is 1.12. The summed E-state index contributed by atoms with van der Waals surface area (Å²) in [4.78, 5) is 34.8. The molecule has 1 aliphatic heterocycles. The molecule has 1 aromatic carbocycles. The predicted molar refractivity (Wildman–Crippen MR) is 112 cm³/mol. The van der Waals surface area contributed by atoms with Crippen LogP contribution in [0.1, 0.15) is 54.1 Å². The largest absolute Gasteiger partial charge is 0.342 e. The molecule has 8 heteroatoms. The number of fused-ring (bicyclic) bond motifs is 1. The molecular weight excluding hydrogens is 380 g/mol. The van der Waals surface area contributed by atoms with E-state index in [4.69, 9.17) is 4.98 Å². The van der Waals surface area contributed by atoms with Gasteiger partial charge in [0, 0.05) is 24.9 Å². The number of likely N-dealkylation sites (tertiary alicyclic amines) is 1. The molecule has 0 bridgehead atoms. The Hall–Kier alpha value is -3.03. The van der Waals surface area contributed by atoms with Crippen molar-refractivity contribution in [3.05, 3.63) is 51.1 Å². The Morgan fingerprint density at radius 2 is 2.07 bits per heavy atom. The van der Waals surface area contributed by atoms with Gasteiger partial charge in [0.25, 0.3) is 5.56 Å². The Morgan fingerprint density at radius 3 is 2.87 bits per heavy atom. The highest BCUT2D eigenvalue weighted by atomic mass is 16.2. The highest BCUT2D eigenvalue weighted by Crippen LogP contribution is 2.33. The number of benzene rings is 1. The van der Waals surface area contributed by atoms with Gasteiger partial charge in [0.2, 0.25) is 5.91 Å². The van der Waals surface area contributed by atoms with E-state index in [0.717, 1.165) is 43.4 Å². The van der Waals surface area contributed by atoms with Crippen molar-refractivity contribution >= 4 is 17.1 Å². The van der Waals surface area contributed by atoms with Gasteiger partial charge < -0.3 is 9.88 Å². The third-order valence-corrected chi connectivity index (χ3v) is 6.26. The number of nitrogens with zero attached hydrogens (tertiary/aromatic N) is 5. The summed E-state index contributed by atoms with van der Waals surface area (Å²) in [6, 6.07) is 6.29. The Kier molecular flexibility index (Phi) is 4.64. The first-order chi connectivity index (χ1) is 14.5. The van der Waals surface area contributed by atoms with Crippen LogP contribution in [0.4, 0.5) is 0 Å². The van der Waals surface area contributed by atoms with Gasteiger partial charge in [-0.25, -0.2) is 9.67 Å². The number of hydrogen-bond acceptors (Lipinski definition) is 5. The number of aromatic amines is 1. The van der Waals surface area contributed by atoms with Gasteiger partial charge >= 0.3 is 0 Å². The fraction of sp³-hybridized carbons (Fsp3) is 0.500. The van der Waals surface area contributed by atoms with Gasteiger partial charge in [0.05, 0.1) is 6.54 Å². The third kappa shape index (κ3) is 3.51. The van der Waals surface area contributed by atoms with Crippen molar-refractivity contribution in [3.8, 4) is 0 Å². The van der Waals surface area contributed by atoms with Crippen LogP contribution in [0.2, 0.25) is 0 Å². The lowest BCUT2D eigenvalue weighted by Crippen LogP contribution is -2.40. The van der Waals surface area contributed by atoms with Crippen LogP contribution in [-0.2, 0) is 11.3 Å². The van der Waals surface area contributed by atoms with Crippen LogP contribution >= 0.6 is 0 Å². The predicted octanol–water partition coefficient (Wildman–Crippen LogP) is 2.30. The van der Waals surface area contributed by atoms with Gasteiger partial charge in [-0.05, 0) is 50.7 Å². The molecule has 1 N–H and O–H groups in total. The number of hydrogen-bond donors (Lipinski definition) is 1. The van der Waals surface area contributed by atoms with Crippen LogP contribution in [0.5, 0.6) is 0 Å². The number of aryl methyl sites for hydroxylation is 2. The molecule has 1 amide bonds. The molecule has 156 valence electrons. The van der Waals surface area contributed by atoms with Crippen LogP contribution < -0.4 is 5.56 Å². The van der Waals surface area contributed by atoms with Crippen molar-refractivity contribution in [2.45, 2.75) is 52.0 Å². The molecule has 1 saturated carbocycles. The van der Waals surface area contributed by atoms with Gasteiger partial charge in [-0.1, -0.05) is 29.0 Å². The van der Waals surface area contributed by atoms with E-state index in [1.165, 1.54) is 5.56 Å². The Bertz CT molecular complexity index is 1180. The third-order valence-electron chi connectivity index (χ3n) is 6.26. The maximum Gasteiger partial charge on any atom is 0.281 e. The van der Waals surface area contributed by atoms with Crippen LogP contribution in [0.3, 0.4) is 0 Å². The smallest absolute Gasteiger partial charge is 0.281 e. The molecule has 3 aromatic rings. The summed E-state index contributed by atoms with van der Waals surface area (Å²) in [7, 11) is 0. The molecule has 1 atom stereocenters. The molecule has 2 aromatic heterocycles. The van der Waals surface area contributed by atoms with Crippen molar-refractivity contribution in [2.24, 2.45) is 5.92 Å². The van der Waals surface area contributed by atoms with Crippen molar-refractivity contribution in [1.82, 2.24) is 29.9 Å². The van der Waals surface area contributed by atoms with Crippen LogP contribution in [-0.4, -0.2) is 48.9 Å². The second kappa shape index (κ2) is 7.34. The number of H-pyrrole nitrogens is 1. The first-order valence-electron chi connectivity index (χ1n) is 10.7. The number of rotatable bonds is 4. The quantitative estimate of drug-likeness (QED) is 0.717. The molecule has 5 rings (SSSR count). The van der Waals surface area contributed by atoms with Gasteiger partial charge in [-0.15, -0.1) is 5.10 Å². The van der Waals surface area contributed by atoms with Gasteiger partial charge in [0.15, 0.2) is 11.2 Å². The normalized spacial score (nSPS) is 19.4. The zero-order valence-corrected chi connectivity index (χ0v) is 17.4. The lowest BCUT2D eigenvalue weighted by Gasteiger charge is -2.32. The topological polar surface area (TPSA) is 96.8 Å². The highest BCUT2D eigenvalue weighted by molar-refractivity contribution is 5.81. The van der Waals surface area contributed by atoms with E-state index in [1.807, 2.05) is 4.90 Å². The van der Waals surface area contributed by atoms with E-state index >= 15 is 0 Å². The number of piperidine rings is 1. The molecule has 8 nitrogen and oxygen atoms in total. The van der Waals surface area contributed by atoms with Crippen molar-refractivity contribution < 1.29 is 4.79 Å². The molecule has 1 aliphatic carbocycles. The molecule has 0 spiro atoms. The first-order valence-corrected chi connectivity index (χ1v) is 10.7. The molecular formula is C22H26N6O2. The van der Waals surface area contributed by atoms with E-state index in [-0.39, 0.29) is 28.8 Å². The van der Waals surface area contributed by atoms with Gasteiger partial charge in [-0.2, -0.15) is 0 Å². The SMILES string of the molecule is Cc1ccc(C)c(Cn2nnc3c(=O)[nH]c(C4CCCN(C(=O)C5CC5)C4)nc32)c1. The van der Waals surface area contributed by atoms with E-state index in [9.17, 15) is 9.59 Å². The van der Waals surface area contributed by atoms with Crippen molar-refractivity contribution in [3.63, 3.8) is 0 Å². The minimum Gasteiger partial charge on any atom is -0.342 e. The monoisotopic (exact) mass is 406 g/mol. The summed E-state index contributed by atoms with van der Waals surface area (Å²) >= 11 is 0.